The topological polar surface area (TPSA) is 15.3 Å². The first kappa shape index (κ1) is 15.9. The van der Waals surface area contributed by atoms with Crippen LogP contribution in [0.4, 0.5) is 0 Å². The highest BCUT2D eigenvalue weighted by atomic mass is 15.1. The van der Waals surface area contributed by atoms with Gasteiger partial charge in [-0.15, -0.1) is 0 Å². The lowest BCUT2D eigenvalue weighted by Crippen LogP contribution is -2.42. The third-order valence-electron chi connectivity index (χ3n) is 3.32. The molecular weight excluding hydrogens is 196 g/mol. The van der Waals surface area contributed by atoms with E-state index in [0.717, 1.165) is 24.9 Å². The molecule has 2 heteroatoms. The fourth-order valence-electron chi connectivity index (χ4n) is 1.92. The van der Waals surface area contributed by atoms with Crippen LogP contribution in [-0.4, -0.2) is 37.6 Å². The van der Waals surface area contributed by atoms with E-state index in [0.29, 0.717) is 6.04 Å². The molecule has 0 bridgehead atoms. The Bertz CT molecular complexity index is 157. The van der Waals surface area contributed by atoms with Crippen LogP contribution in [0, 0.1) is 11.8 Å². The molecule has 0 amide bonds. The van der Waals surface area contributed by atoms with E-state index in [1.165, 1.54) is 19.4 Å². The molecule has 0 heterocycles. The van der Waals surface area contributed by atoms with Gasteiger partial charge in [-0.05, 0) is 31.8 Å². The Balaban J connectivity index is 3.87. The minimum Gasteiger partial charge on any atom is -0.315 e. The van der Waals surface area contributed by atoms with Gasteiger partial charge in [-0.25, -0.2) is 0 Å². The van der Waals surface area contributed by atoms with Crippen molar-refractivity contribution in [2.75, 3.05) is 26.7 Å². The van der Waals surface area contributed by atoms with Gasteiger partial charge in [0.15, 0.2) is 0 Å². The summed E-state index contributed by atoms with van der Waals surface area (Å²) in [6, 6.07) is 0.688. The van der Waals surface area contributed by atoms with Gasteiger partial charge in [0.05, 0.1) is 0 Å². The second-order valence-corrected chi connectivity index (χ2v) is 5.57. The normalized spacial score (nSPS) is 15.8. The van der Waals surface area contributed by atoms with Crippen LogP contribution in [0.2, 0.25) is 0 Å². The summed E-state index contributed by atoms with van der Waals surface area (Å²) in [6.07, 6.45) is 2.51. The monoisotopic (exact) mass is 228 g/mol. The van der Waals surface area contributed by atoms with Crippen molar-refractivity contribution in [1.29, 1.82) is 0 Å². The molecule has 2 unspecified atom stereocenters. The van der Waals surface area contributed by atoms with E-state index in [4.69, 9.17) is 0 Å². The molecule has 0 aromatic carbocycles. The third kappa shape index (κ3) is 7.24. The maximum atomic E-state index is 3.57. The standard InChI is InChI=1S/C14H32N2/c1-7-13(5)11-16(6)14(8-2)10-15-9-12(3)4/h12-15H,7-11H2,1-6H3. The number of rotatable bonds is 9. The predicted octanol–water partition coefficient (Wildman–Crippen LogP) is 2.99. The molecule has 0 saturated heterocycles. The van der Waals surface area contributed by atoms with E-state index >= 15 is 0 Å². The highest BCUT2D eigenvalue weighted by molar-refractivity contribution is 4.71. The SMILES string of the molecule is CCC(C)CN(C)C(CC)CNCC(C)C. The van der Waals surface area contributed by atoms with Gasteiger partial charge in [0.2, 0.25) is 0 Å². The average Bonchev–Trinajstić information content (AvgIpc) is 2.23. The first-order chi connectivity index (χ1) is 7.51. The molecule has 16 heavy (non-hydrogen) atoms. The lowest BCUT2D eigenvalue weighted by Gasteiger charge is -2.29. The summed E-state index contributed by atoms with van der Waals surface area (Å²) in [6.45, 7) is 14.9. The predicted molar refractivity (Wildman–Crippen MR) is 73.9 cm³/mol. The lowest BCUT2D eigenvalue weighted by atomic mass is 10.1. The van der Waals surface area contributed by atoms with Crippen LogP contribution in [0.5, 0.6) is 0 Å². The van der Waals surface area contributed by atoms with E-state index in [9.17, 15) is 0 Å². The molecule has 0 aromatic rings. The van der Waals surface area contributed by atoms with Gasteiger partial charge < -0.3 is 10.2 Å². The average molecular weight is 228 g/mol. The highest BCUT2D eigenvalue weighted by Gasteiger charge is 2.14. The highest BCUT2D eigenvalue weighted by Crippen LogP contribution is 2.07. The van der Waals surface area contributed by atoms with E-state index in [-0.39, 0.29) is 0 Å². The van der Waals surface area contributed by atoms with Crippen LogP contribution in [-0.2, 0) is 0 Å². The zero-order valence-electron chi connectivity index (χ0n) is 12.2. The Morgan fingerprint density at radius 3 is 2.06 bits per heavy atom. The molecule has 0 radical (unpaired) electrons. The van der Waals surface area contributed by atoms with Crippen LogP contribution in [0.1, 0.15) is 47.5 Å². The Morgan fingerprint density at radius 2 is 1.62 bits per heavy atom. The molecule has 0 aromatic heterocycles. The van der Waals surface area contributed by atoms with Gasteiger partial charge >= 0.3 is 0 Å². The maximum Gasteiger partial charge on any atom is 0.0215 e. The second-order valence-electron chi connectivity index (χ2n) is 5.57. The fraction of sp³-hybridized carbons (Fsp3) is 1.00. The summed E-state index contributed by atoms with van der Waals surface area (Å²) in [5.41, 5.74) is 0. The van der Waals surface area contributed by atoms with Gasteiger partial charge in [0.1, 0.15) is 0 Å². The van der Waals surface area contributed by atoms with Crippen molar-refractivity contribution >= 4 is 0 Å². The quantitative estimate of drug-likeness (QED) is 0.652. The van der Waals surface area contributed by atoms with Crippen LogP contribution >= 0.6 is 0 Å². The van der Waals surface area contributed by atoms with Crippen LogP contribution in [0.15, 0.2) is 0 Å². The first-order valence-corrected chi connectivity index (χ1v) is 6.92. The third-order valence-corrected chi connectivity index (χ3v) is 3.32. The first-order valence-electron chi connectivity index (χ1n) is 6.92. The van der Waals surface area contributed by atoms with Crippen LogP contribution in [0.25, 0.3) is 0 Å². The van der Waals surface area contributed by atoms with E-state index < -0.39 is 0 Å². The molecule has 2 atom stereocenters. The molecule has 2 nitrogen and oxygen atoms in total. The van der Waals surface area contributed by atoms with E-state index in [1.807, 2.05) is 0 Å². The molecule has 0 spiro atoms. The summed E-state index contributed by atoms with van der Waals surface area (Å²) in [4.78, 5) is 2.52. The van der Waals surface area contributed by atoms with Gasteiger partial charge in [-0.3, -0.25) is 0 Å². The van der Waals surface area contributed by atoms with Gasteiger partial charge in [-0.2, -0.15) is 0 Å². The summed E-state index contributed by atoms with van der Waals surface area (Å²) in [5.74, 6) is 1.56. The number of nitrogens with zero attached hydrogens (tertiary/aromatic N) is 1. The lowest BCUT2D eigenvalue weighted by molar-refractivity contribution is 0.198. The van der Waals surface area contributed by atoms with E-state index in [2.05, 4.69) is 51.9 Å². The van der Waals surface area contributed by atoms with Gasteiger partial charge in [-0.1, -0.05) is 41.0 Å². The molecule has 1 N–H and O–H groups in total. The summed E-state index contributed by atoms with van der Waals surface area (Å²) < 4.78 is 0. The van der Waals surface area contributed by atoms with Crippen molar-refractivity contribution in [3.8, 4) is 0 Å². The molecule has 0 aliphatic heterocycles. The second kappa shape index (κ2) is 9.00. The van der Waals surface area contributed by atoms with Crippen molar-refractivity contribution in [3.63, 3.8) is 0 Å². The zero-order valence-corrected chi connectivity index (χ0v) is 12.2. The molecule has 0 aliphatic carbocycles. The Kier molecular flexibility index (Phi) is 8.96. The Labute approximate surface area is 103 Å². The molecule has 98 valence electrons. The molecular formula is C14H32N2. The molecule has 0 rings (SSSR count). The summed E-state index contributed by atoms with van der Waals surface area (Å²) in [7, 11) is 2.26. The van der Waals surface area contributed by atoms with Crippen molar-refractivity contribution in [2.24, 2.45) is 11.8 Å². The summed E-state index contributed by atoms with van der Waals surface area (Å²) in [5, 5.41) is 3.57. The summed E-state index contributed by atoms with van der Waals surface area (Å²) >= 11 is 0. The number of hydrogen-bond acceptors (Lipinski definition) is 2. The largest absolute Gasteiger partial charge is 0.315 e. The van der Waals surface area contributed by atoms with Crippen molar-refractivity contribution in [1.82, 2.24) is 10.2 Å². The van der Waals surface area contributed by atoms with Crippen LogP contribution in [0.3, 0.4) is 0 Å². The van der Waals surface area contributed by atoms with Crippen molar-refractivity contribution < 1.29 is 0 Å². The maximum absolute atomic E-state index is 3.57. The smallest absolute Gasteiger partial charge is 0.0215 e. The van der Waals surface area contributed by atoms with Crippen LogP contribution < -0.4 is 5.32 Å². The molecule has 0 saturated carbocycles. The minimum atomic E-state index is 0.688. The van der Waals surface area contributed by atoms with Gasteiger partial charge in [0, 0.05) is 19.1 Å². The van der Waals surface area contributed by atoms with E-state index in [1.54, 1.807) is 0 Å². The van der Waals surface area contributed by atoms with Crippen molar-refractivity contribution in [3.05, 3.63) is 0 Å². The van der Waals surface area contributed by atoms with Crippen molar-refractivity contribution in [2.45, 2.75) is 53.5 Å². The Morgan fingerprint density at radius 1 is 1.00 bits per heavy atom. The number of nitrogens with one attached hydrogen (secondary N) is 1. The minimum absolute atomic E-state index is 0.688. The molecule has 0 aliphatic rings. The number of likely N-dealkylation sites (N-methyl/N-ethyl adjacent to an activating group) is 1. The fourth-order valence-corrected chi connectivity index (χ4v) is 1.92. The zero-order chi connectivity index (χ0) is 12.6. The molecule has 0 fully saturated rings. The van der Waals surface area contributed by atoms with Gasteiger partial charge in [0.25, 0.3) is 0 Å². The number of hydrogen-bond donors (Lipinski definition) is 1. The Hall–Kier alpha value is -0.0800.